The molecular weight excluding hydrogens is 356 g/mol. The van der Waals surface area contributed by atoms with E-state index in [1.54, 1.807) is 12.0 Å². The van der Waals surface area contributed by atoms with Crippen molar-refractivity contribution in [3.8, 4) is 5.75 Å². The van der Waals surface area contributed by atoms with E-state index in [1.807, 2.05) is 37.8 Å². The van der Waals surface area contributed by atoms with E-state index in [2.05, 4.69) is 12.1 Å². The highest BCUT2D eigenvalue weighted by atomic mass is 16.6. The molecule has 154 valence electrons. The molecule has 1 aliphatic heterocycles. The Morgan fingerprint density at radius 3 is 2.11 bits per heavy atom. The van der Waals surface area contributed by atoms with Crippen molar-refractivity contribution in [1.29, 1.82) is 0 Å². The number of rotatable bonds is 5. The van der Waals surface area contributed by atoms with Crippen molar-refractivity contribution in [1.82, 2.24) is 9.80 Å². The minimum atomic E-state index is -0.500. The van der Waals surface area contributed by atoms with Crippen molar-refractivity contribution in [2.45, 2.75) is 51.6 Å². The first kappa shape index (κ1) is 20.5. The second-order valence-corrected chi connectivity index (χ2v) is 8.77. The van der Waals surface area contributed by atoms with Crippen molar-refractivity contribution < 1.29 is 19.1 Å². The molecule has 3 rings (SSSR count). The third-order valence-electron chi connectivity index (χ3n) is 5.41. The fourth-order valence-electron chi connectivity index (χ4n) is 3.69. The van der Waals surface area contributed by atoms with Gasteiger partial charge in [0.25, 0.3) is 0 Å². The maximum Gasteiger partial charge on any atom is 0.410 e. The molecule has 2 aliphatic rings. The lowest BCUT2D eigenvalue weighted by Gasteiger charge is -2.36. The molecule has 2 fully saturated rings. The van der Waals surface area contributed by atoms with E-state index in [-0.39, 0.29) is 17.9 Å². The molecule has 1 aromatic carbocycles. The number of ether oxygens (including phenoxy) is 2. The minimum Gasteiger partial charge on any atom is -0.497 e. The summed E-state index contributed by atoms with van der Waals surface area (Å²) in [5.74, 6) is 1.88. The molecule has 1 heterocycles. The standard InChI is InChI=1S/C22H32N2O4/c1-22(2,3)28-21(26)24-13-11-23(12-14-24)20(25)15-19(16-5-6-16)17-7-9-18(27-4)10-8-17/h7-10,16,19H,5-6,11-15H2,1-4H3. The topological polar surface area (TPSA) is 59.1 Å². The molecular formula is C22H32N2O4. The van der Waals surface area contributed by atoms with Crippen molar-refractivity contribution in [2.24, 2.45) is 5.92 Å². The lowest BCUT2D eigenvalue weighted by atomic mass is 9.90. The zero-order chi connectivity index (χ0) is 20.3. The van der Waals surface area contributed by atoms with Crippen LogP contribution in [0.4, 0.5) is 4.79 Å². The zero-order valence-electron chi connectivity index (χ0n) is 17.4. The highest BCUT2D eigenvalue weighted by Gasteiger charge is 2.35. The van der Waals surface area contributed by atoms with Gasteiger partial charge >= 0.3 is 6.09 Å². The number of carbonyl (C=O) groups is 2. The minimum absolute atomic E-state index is 0.177. The molecule has 0 bridgehead atoms. The van der Waals surface area contributed by atoms with Crippen LogP contribution in [0.1, 0.15) is 51.5 Å². The third kappa shape index (κ3) is 5.40. The Hall–Kier alpha value is -2.24. The van der Waals surface area contributed by atoms with Crippen LogP contribution in [0.25, 0.3) is 0 Å². The number of methoxy groups -OCH3 is 1. The number of benzene rings is 1. The van der Waals surface area contributed by atoms with Gasteiger partial charge in [-0.3, -0.25) is 4.79 Å². The normalized spacial score (nSPS) is 18.6. The summed E-state index contributed by atoms with van der Waals surface area (Å²) in [5.41, 5.74) is 0.712. The maximum atomic E-state index is 12.9. The number of nitrogens with zero attached hydrogens (tertiary/aromatic N) is 2. The van der Waals surface area contributed by atoms with Gasteiger partial charge in [-0.25, -0.2) is 4.79 Å². The molecule has 1 atom stereocenters. The molecule has 0 spiro atoms. The number of hydrogen-bond acceptors (Lipinski definition) is 4. The Labute approximate surface area is 167 Å². The second kappa shape index (κ2) is 8.41. The quantitative estimate of drug-likeness (QED) is 0.772. The van der Waals surface area contributed by atoms with E-state index in [0.29, 0.717) is 38.5 Å². The van der Waals surface area contributed by atoms with Gasteiger partial charge < -0.3 is 19.3 Å². The largest absolute Gasteiger partial charge is 0.497 e. The average Bonchev–Trinajstić information content (AvgIpc) is 3.50. The smallest absolute Gasteiger partial charge is 0.410 e. The van der Waals surface area contributed by atoms with Crippen molar-refractivity contribution in [3.05, 3.63) is 29.8 Å². The van der Waals surface area contributed by atoms with Crippen LogP contribution >= 0.6 is 0 Å². The maximum absolute atomic E-state index is 12.9. The van der Waals surface area contributed by atoms with Crippen LogP contribution in [0.5, 0.6) is 5.75 Å². The van der Waals surface area contributed by atoms with E-state index in [1.165, 1.54) is 18.4 Å². The summed E-state index contributed by atoms with van der Waals surface area (Å²) in [7, 11) is 1.66. The molecule has 0 aromatic heterocycles. The average molecular weight is 389 g/mol. The van der Waals surface area contributed by atoms with Gasteiger partial charge in [0.15, 0.2) is 0 Å². The van der Waals surface area contributed by atoms with Crippen LogP contribution in [0, 0.1) is 5.92 Å². The second-order valence-electron chi connectivity index (χ2n) is 8.77. The summed E-state index contributed by atoms with van der Waals surface area (Å²) in [6.45, 7) is 7.77. The van der Waals surface area contributed by atoms with Crippen molar-refractivity contribution in [2.75, 3.05) is 33.3 Å². The first-order chi connectivity index (χ1) is 13.3. The Balaban J connectivity index is 1.54. The fourth-order valence-corrected chi connectivity index (χ4v) is 3.69. The SMILES string of the molecule is COc1ccc(C(CC(=O)N2CCN(C(=O)OC(C)(C)C)CC2)C2CC2)cc1. The van der Waals surface area contributed by atoms with Crippen molar-refractivity contribution in [3.63, 3.8) is 0 Å². The van der Waals surface area contributed by atoms with Crippen molar-refractivity contribution >= 4 is 12.0 Å². The van der Waals surface area contributed by atoms with E-state index < -0.39 is 5.60 Å². The molecule has 6 heteroatoms. The van der Waals surface area contributed by atoms with Gasteiger partial charge in [0.05, 0.1) is 7.11 Å². The number of piperazine rings is 1. The molecule has 1 saturated heterocycles. The van der Waals surface area contributed by atoms with Crippen LogP contribution in [0.3, 0.4) is 0 Å². The molecule has 1 unspecified atom stereocenters. The van der Waals surface area contributed by atoms with Crippen LogP contribution in [-0.4, -0.2) is 60.7 Å². The Morgan fingerprint density at radius 1 is 1.04 bits per heavy atom. The summed E-state index contributed by atoms with van der Waals surface area (Å²) in [6, 6.07) is 8.09. The molecule has 28 heavy (non-hydrogen) atoms. The zero-order valence-corrected chi connectivity index (χ0v) is 17.4. The highest BCUT2D eigenvalue weighted by molar-refractivity contribution is 5.78. The molecule has 0 N–H and O–H groups in total. The van der Waals surface area contributed by atoms with Crippen LogP contribution in [0.15, 0.2) is 24.3 Å². The molecule has 1 aliphatic carbocycles. The summed E-state index contributed by atoms with van der Waals surface area (Å²) in [5, 5.41) is 0. The Bertz CT molecular complexity index is 683. The van der Waals surface area contributed by atoms with Gasteiger partial charge in [0.2, 0.25) is 5.91 Å². The summed E-state index contributed by atoms with van der Waals surface area (Å²) in [6.07, 6.45) is 2.62. The lowest BCUT2D eigenvalue weighted by molar-refractivity contribution is -0.133. The first-order valence-corrected chi connectivity index (χ1v) is 10.2. The van der Waals surface area contributed by atoms with E-state index in [0.717, 1.165) is 5.75 Å². The Kier molecular flexibility index (Phi) is 6.16. The first-order valence-electron chi connectivity index (χ1n) is 10.2. The van der Waals surface area contributed by atoms with Gasteiger partial charge in [0, 0.05) is 32.6 Å². The molecule has 1 aromatic rings. The van der Waals surface area contributed by atoms with E-state index in [9.17, 15) is 9.59 Å². The lowest BCUT2D eigenvalue weighted by Crippen LogP contribution is -2.51. The van der Waals surface area contributed by atoms with Crippen LogP contribution < -0.4 is 4.74 Å². The van der Waals surface area contributed by atoms with Gasteiger partial charge in [-0.15, -0.1) is 0 Å². The number of amides is 2. The van der Waals surface area contributed by atoms with Gasteiger partial charge in [-0.05, 0) is 63.1 Å². The highest BCUT2D eigenvalue weighted by Crippen LogP contribution is 2.45. The molecule has 0 radical (unpaired) electrons. The van der Waals surface area contributed by atoms with E-state index >= 15 is 0 Å². The van der Waals surface area contributed by atoms with E-state index in [4.69, 9.17) is 9.47 Å². The monoisotopic (exact) mass is 388 g/mol. The predicted molar refractivity (Wildman–Crippen MR) is 107 cm³/mol. The summed E-state index contributed by atoms with van der Waals surface area (Å²) >= 11 is 0. The Morgan fingerprint density at radius 2 is 1.61 bits per heavy atom. The third-order valence-corrected chi connectivity index (χ3v) is 5.41. The predicted octanol–water partition coefficient (Wildman–Crippen LogP) is 3.66. The summed E-state index contributed by atoms with van der Waals surface area (Å²) < 4.78 is 10.7. The molecule has 1 saturated carbocycles. The number of carbonyl (C=O) groups excluding carboxylic acids is 2. The van der Waals surface area contributed by atoms with Gasteiger partial charge in [-0.1, -0.05) is 12.1 Å². The fraction of sp³-hybridized carbons (Fsp3) is 0.636. The molecule has 2 amide bonds. The van der Waals surface area contributed by atoms with Gasteiger partial charge in [0.1, 0.15) is 11.4 Å². The number of hydrogen-bond donors (Lipinski definition) is 0. The van der Waals surface area contributed by atoms with Gasteiger partial charge in [-0.2, -0.15) is 0 Å². The summed E-state index contributed by atoms with van der Waals surface area (Å²) in [4.78, 5) is 28.7. The van der Waals surface area contributed by atoms with Crippen LogP contribution in [-0.2, 0) is 9.53 Å². The van der Waals surface area contributed by atoms with Crippen LogP contribution in [0.2, 0.25) is 0 Å². The molecule has 6 nitrogen and oxygen atoms in total.